The highest BCUT2D eigenvalue weighted by molar-refractivity contribution is 5.75. The molecule has 0 radical (unpaired) electrons. The van der Waals surface area contributed by atoms with Crippen LogP contribution in [0.1, 0.15) is 72.8 Å². The summed E-state index contributed by atoms with van der Waals surface area (Å²) in [5.74, 6) is 0. The standard InChI is InChI=1S/C7H16N2.C3H7N.CH4N2.7CH4/c1-7(2)9(4)6-5-8-3;1-3(2)4;2-1-3;;;;;;;/h8H,1,5-6H2,2-4H3;4H,1-2H3;1H,(H3,2,3);7*1H4. The second-order valence-electron chi connectivity index (χ2n) is 3.43. The molecule has 0 aromatic rings. The quantitative estimate of drug-likeness (QED) is 0.389. The van der Waals surface area contributed by atoms with E-state index in [0.717, 1.165) is 25.1 Å². The van der Waals surface area contributed by atoms with Gasteiger partial charge in [-0.25, -0.2) is 0 Å². The van der Waals surface area contributed by atoms with Crippen LogP contribution in [0.15, 0.2) is 12.3 Å². The SMILES string of the molecule is C.C.C.C.C.C.C.C=C(C)N(C)CCNC.CC(C)=N.N=CN. The van der Waals surface area contributed by atoms with Gasteiger partial charge in [-0.15, -0.1) is 0 Å². The number of nitrogens with two attached hydrogens (primary N) is 1. The minimum absolute atomic E-state index is 0. The number of likely N-dealkylation sites (N-methyl/N-ethyl adjacent to an activating group) is 2. The molecule has 0 fully saturated rings. The van der Waals surface area contributed by atoms with Crippen molar-refractivity contribution in [2.24, 2.45) is 5.73 Å². The van der Waals surface area contributed by atoms with Crippen LogP contribution in [-0.2, 0) is 0 Å². The van der Waals surface area contributed by atoms with Crippen LogP contribution in [-0.4, -0.2) is 44.1 Å². The van der Waals surface area contributed by atoms with E-state index < -0.39 is 0 Å². The number of allylic oxidation sites excluding steroid dienone is 1. The van der Waals surface area contributed by atoms with Gasteiger partial charge in [0, 0.05) is 31.5 Å². The highest BCUT2D eigenvalue weighted by Gasteiger charge is 1.92. The third-order valence-corrected chi connectivity index (χ3v) is 1.35. The Hall–Kier alpha value is -1.36. The van der Waals surface area contributed by atoms with Gasteiger partial charge in [-0.05, 0) is 27.8 Å². The zero-order chi connectivity index (χ0) is 13.6. The fraction of sp³-hybridized carbons (Fsp3) is 0.778. The predicted octanol–water partition coefficient (Wildman–Crippen LogP) is 5.72. The molecule has 0 bridgehead atoms. The van der Waals surface area contributed by atoms with Gasteiger partial charge in [-0.2, -0.15) is 0 Å². The van der Waals surface area contributed by atoms with Crippen molar-refractivity contribution in [1.82, 2.24) is 10.2 Å². The molecule has 0 aromatic heterocycles. The normalized spacial score (nSPS) is 5.26. The highest BCUT2D eigenvalue weighted by atomic mass is 15.1. The smallest absolute Gasteiger partial charge is 0.0765 e. The van der Waals surface area contributed by atoms with Crippen LogP contribution in [0.4, 0.5) is 0 Å². The van der Waals surface area contributed by atoms with E-state index in [9.17, 15) is 0 Å². The van der Waals surface area contributed by atoms with E-state index in [1.54, 1.807) is 13.8 Å². The molecule has 5 nitrogen and oxygen atoms in total. The van der Waals surface area contributed by atoms with Gasteiger partial charge in [0.25, 0.3) is 0 Å². The molecule has 0 amide bonds. The van der Waals surface area contributed by atoms with E-state index in [1.807, 2.05) is 21.0 Å². The summed E-state index contributed by atoms with van der Waals surface area (Å²) >= 11 is 0. The molecule has 0 aliphatic rings. The largest absolute Gasteiger partial charge is 0.390 e. The van der Waals surface area contributed by atoms with E-state index in [0.29, 0.717) is 5.71 Å². The summed E-state index contributed by atoms with van der Waals surface area (Å²) < 4.78 is 0. The maximum atomic E-state index is 6.50. The summed E-state index contributed by atoms with van der Waals surface area (Å²) in [6.45, 7) is 11.4. The van der Waals surface area contributed by atoms with Crippen LogP contribution in [0.3, 0.4) is 0 Å². The fourth-order valence-corrected chi connectivity index (χ4v) is 0.470. The molecule has 0 rings (SSSR count). The average Bonchev–Trinajstić information content (AvgIpc) is 2.14. The van der Waals surface area contributed by atoms with Crippen LogP contribution in [0.5, 0.6) is 0 Å². The third kappa shape index (κ3) is 163. The number of hydrogen-bond acceptors (Lipinski definition) is 4. The Morgan fingerprint density at radius 3 is 1.39 bits per heavy atom. The molecular weight excluding hydrogens is 286 g/mol. The zero-order valence-electron chi connectivity index (χ0n) is 11.2. The molecule has 0 aromatic carbocycles. The summed E-state index contributed by atoms with van der Waals surface area (Å²) in [6.07, 6.45) is 0.750. The Balaban J connectivity index is -0.0000000135. The molecule has 5 heteroatoms. The Morgan fingerprint density at radius 1 is 1.04 bits per heavy atom. The van der Waals surface area contributed by atoms with E-state index in [-0.39, 0.29) is 52.0 Å². The first-order valence-electron chi connectivity index (χ1n) is 5.07. The average molecular weight is 342 g/mol. The first-order chi connectivity index (χ1) is 7.33. The van der Waals surface area contributed by atoms with Gasteiger partial charge in [0.05, 0.1) is 6.34 Å². The minimum atomic E-state index is 0. The van der Waals surface area contributed by atoms with Crippen LogP contribution in [0.2, 0.25) is 0 Å². The summed E-state index contributed by atoms with van der Waals surface area (Å²) in [4.78, 5) is 2.12. The van der Waals surface area contributed by atoms with Gasteiger partial charge < -0.3 is 21.4 Å². The minimum Gasteiger partial charge on any atom is -0.390 e. The Kier molecular flexibility index (Phi) is 174. The number of nitrogens with zero attached hydrogens (tertiary/aromatic N) is 1. The maximum absolute atomic E-state index is 6.50. The van der Waals surface area contributed by atoms with Gasteiger partial charge in [0.2, 0.25) is 0 Å². The molecule has 5 N–H and O–H groups in total. The Labute approximate surface area is 151 Å². The van der Waals surface area contributed by atoms with Crippen molar-refractivity contribution < 1.29 is 0 Å². The summed E-state index contributed by atoms with van der Waals surface area (Å²) in [7, 11) is 3.99. The van der Waals surface area contributed by atoms with Crippen LogP contribution >= 0.6 is 0 Å². The van der Waals surface area contributed by atoms with Crippen molar-refractivity contribution in [2.75, 3.05) is 27.2 Å². The molecule has 152 valence electrons. The second kappa shape index (κ2) is 58.8. The molecule has 0 saturated heterocycles. The number of rotatable bonds is 4. The number of hydrogen-bond donors (Lipinski definition) is 4. The van der Waals surface area contributed by atoms with Gasteiger partial charge in [-0.1, -0.05) is 58.6 Å². The summed E-state index contributed by atoms with van der Waals surface area (Å²) in [5.41, 5.74) is 6.17. The molecule has 0 unspecified atom stereocenters. The number of nitrogens with one attached hydrogen (secondary N) is 3. The summed E-state index contributed by atoms with van der Waals surface area (Å²) in [6, 6.07) is 0. The molecule has 0 atom stereocenters. The van der Waals surface area contributed by atoms with Crippen molar-refractivity contribution >= 4 is 12.1 Å². The topological polar surface area (TPSA) is 89.0 Å². The summed E-state index contributed by atoms with van der Waals surface area (Å²) in [5, 5.41) is 15.4. The Bertz CT molecular complexity index is 188. The maximum Gasteiger partial charge on any atom is 0.0765 e. The third-order valence-electron chi connectivity index (χ3n) is 1.35. The van der Waals surface area contributed by atoms with E-state index in [2.05, 4.69) is 22.5 Å². The van der Waals surface area contributed by atoms with E-state index in [4.69, 9.17) is 10.8 Å². The molecule has 0 heterocycles. The van der Waals surface area contributed by atoms with Crippen molar-refractivity contribution in [3.8, 4) is 0 Å². The van der Waals surface area contributed by atoms with Crippen molar-refractivity contribution in [1.29, 1.82) is 10.8 Å². The van der Waals surface area contributed by atoms with Crippen LogP contribution in [0, 0.1) is 10.8 Å². The van der Waals surface area contributed by atoms with Gasteiger partial charge in [-0.3, -0.25) is 5.41 Å². The van der Waals surface area contributed by atoms with Crippen molar-refractivity contribution in [3.63, 3.8) is 0 Å². The van der Waals surface area contributed by atoms with Crippen molar-refractivity contribution in [3.05, 3.63) is 12.3 Å². The molecule has 0 saturated carbocycles. The van der Waals surface area contributed by atoms with Gasteiger partial charge >= 0.3 is 0 Å². The molecule has 0 aliphatic heterocycles. The lowest BCUT2D eigenvalue weighted by atomic mass is 10.4. The monoisotopic (exact) mass is 341 g/mol. The molecule has 23 heavy (non-hydrogen) atoms. The van der Waals surface area contributed by atoms with Crippen LogP contribution in [0.25, 0.3) is 0 Å². The highest BCUT2D eigenvalue weighted by Crippen LogP contribution is 1.92. The van der Waals surface area contributed by atoms with Crippen LogP contribution < -0.4 is 11.1 Å². The lowest BCUT2D eigenvalue weighted by Crippen LogP contribution is -2.25. The Morgan fingerprint density at radius 2 is 1.26 bits per heavy atom. The van der Waals surface area contributed by atoms with E-state index >= 15 is 0 Å². The molecular formula is C18H55N5. The van der Waals surface area contributed by atoms with Gasteiger partial charge in [0.1, 0.15) is 0 Å². The van der Waals surface area contributed by atoms with Crippen molar-refractivity contribution in [2.45, 2.75) is 72.8 Å². The lowest BCUT2D eigenvalue weighted by Gasteiger charge is -2.17. The molecule has 0 spiro atoms. The fourth-order valence-electron chi connectivity index (χ4n) is 0.470. The zero-order valence-corrected chi connectivity index (χ0v) is 11.2. The lowest BCUT2D eigenvalue weighted by molar-refractivity contribution is 0.418. The second-order valence-corrected chi connectivity index (χ2v) is 3.43. The molecule has 0 aliphatic carbocycles. The van der Waals surface area contributed by atoms with Gasteiger partial charge in [0.15, 0.2) is 0 Å². The predicted molar refractivity (Wildman–Crippen MR) is 121 cm³/mol. The first-order valence-corrected chi connectivity index (χ1v) is 5.07. The van der Waals surface area contributed by atoms with E-state index in [1.165, 1.54) is 0 Å². The first kappa shape index (κ1) is 68.0.